The first-order valence-corrected chi connectivity index (χ1v) is 12.8. The second kappa shape index (κ2) is 9.54. The molecule has 7 nitrogen and oxygen atoms in total. The number of aromatic nitrogens is 3. The average molecular weight is 480 g/mol. The van der Waals surface area contributed by atoms with Crippen LogP contribution in [-0.2, 0) is 11.2 Å². The number of carbonyl (C=O) groups is 1. The molecule has 1 amide bonds. The minimum Gasteiger partial charge on any atom is -0.340 e. The van der Waals surface area contributed by atoms with Gasteiger partial charge in [-0.2, -0.15) is 16.3 Å². The molecule has 0 bridgehead atoms. The number of carbonyl (C=O) groups excluding carboxylic acids is 1. The number of rotatable bonds is 6. The van der Waals surface area contributed by atoms with Crippen molar-refractivity contribution in [2.24, 2.45) is 0 Å². The molecule has 0 spiro atoms. The number of amides is 1. The Kier molecular flexibility index (Phi) is 6.34. The van der Waals surface area contributed by atoms with Gasteiger partial charge in [0.05, 0.1) is 18.2 Å². The number of aryl methyl sites for hydroxylation is 1. The van der Waals surface area contributed by atoms with E-state index in [2.05, 4.69) is 45.3 Å². The predicted molar refractivity (Wildman–Crippen MR) is 130 cm³/mol. The summed E-state index contributed by atoms with van der Waals surface area (Å²) >= 11 is 3.25. The summed E-state index contributed by atoms with van der Waals surface area (Å²) in [5, 5.41) is 11.2. The minimum atomic E-state index is 0.000611. The number of benzene rings is 1. The fraction of sp³-hybridized carbons (Fsp3) is 0.333. The van der Waals surface area contributed by atoms with Crippen molar-refractivity contribution in [2.45, 2.75) is 26.3 Å². The van der Waals surface area contributed by atoms with Crippen LogP contribution in [0.2, 0.25) is 0 Å². The molecule has 1 aliphatic heterocycles. The molecule has 1 aliphatic rings. The highest BCUT2D eigenvalue weighted by Gasteiger charge is 2.28. The fourth-order valence-electron chi connectivity index (χ4n) is 3.91. The van der Waals surface area contributed by atoms with E-state index in [9.17, 15) is 4.79 Å². The van der Waals surface area contributed by atoms with Crippen molar-refractivity contribution >= 4 is 28.6 Å². The number of hydrogen-bond donors (Lipinski definition) is 0. The van der Waals surface area contributed by atoms with Gasteiger partial charge in [0.15, 0.2) is 0 Å². The maximum Gasteiger partial charge on any atom is 0.244 e. The molecular formula is C24H25N5O2S2. The van der Waals surface area contributed by atoms with Crippen molar-refractivity contribution in [3.8, 4) is 22.0 Å². The van der Waals surface area contributed by atoms with E-state index < -0.39 is 0 Å². The summed E-state index contributed by atoms with van der Waals surface area (Å²) in [5.74, 6) is 1.34. The first-order valence-electron chi connectivity index (χ1n) is 11.0. The van der Waals surface area contributed by atoms with Crippen molar-refractivity contribution in [1.29, 1.82) is 0 Å². The van der Waals surface area contributed by atoms with Crippen LogP contribution >= 0.6 is 22.7 Å². The quantitative estimate of drug-likeness (QED) is 0.400. The van der Waals surface area contributed by atoms with Gasteiger partial charge in [0.1, 0.15) is 5.01 Å². The Bertz CT molecular complexity index is 1210. The summed E-state index contributed by atoms with van der Waals surface area (Å²) in [6.07, 6.45) is 0.347. The molecule has 0 saturated carbocycles. The van der Waals surface area contributed by atoms with Crippen LogP contribution in [0.3, 0.4) is 0 Å². The SMILES string of the molecule is Cc1ccc(-c2noc([C@H](C)N3CCN(C(=O)Cc4csc(-c5ccsc5)n4)CC3)n2)cc1. The van der Waals surface area contributed by atoms with Gasteiger partial charge in [-0.1, -0.05) is 35.0 Å². The zero-order chi connectivity index (χ0) is 22.8. The molecule has 3 aromatic heterocycles. The number of piperazine rings is 1. The second-order valence-corrected chi connectivity index (χ2v) is 9.89. The Hall–Kier alpha value is -2.88. The van der Waals surface area contributed by atoms with Crippen molar-refractivity contribution in [2.75, 3.05) is 26.2 Å². The van der Waals surface area contributed by atoms with Crippen LogP contribution in [0.1, 0.15) is 30.1 Å². The van der Waals surface area contributed by atoms with Gasteiger partial charge in [-0.05, 0) is 25.3 Å². The Morgan fingerprint density at radius 3 is 2.58 bits per heavy atom. The molecular weight excluding hydrogens is 454 g/mol. The predicted octanol–water partition coefficient (Wildman–Crippen LogP) is 4.68. The molecule has 0 radical (unpaired) electrons. The molecule has 1 aromatic carbocycles. The fourth-order valence-corrected chi connectivity index (χ4v) is 5.45. The third-order valence-corrected chi connectivity index (χ3v) is 7.60. The maximum absolute atomic E-state index is 12.8. The van der Waals surface area contributed by atoms with Gasteiger partial charge in [-0.15, -0.1) is 11.3 Å². The molecule has 4 heterocycles. The molecule has 1 atom stereocenters. The lowest BCUT2D eigenvalue weighted by Gasteiger charge is -2.36. The van der Waals surface area contributed by atoms with Crippen molar-refractivity contribution < 1.29 is 9.32 Å². The molecule has 1 fully saturated rings. The van der Waals surface area contributed by atoms with E-state index in [1.165, 1.54) is 5.56 Å². The molecule has 4 aromatic rings. The highest BCUT2D eigenvalue weighted by molar-refractivity contribution is 7.14. The summed E-state index contributed by atoms with van der Waals surface area (Å²) in [4.78, 5) is 26.3. The first kappa shape index (κ1) is 21.9. The van der Waals surface area contributed by atoms with Crippen LogP contribution < -0.4 is 0 Å². The van der Waals surface area contributed by atoms with E-state index in [0.717, 1.165) is 34.9 Å². The number of thiazole rings is 1. The van der Waals surface area contributed by atoms with E-state index >= 15 is 0 Å². The Balaban J connectivity index is 1.15. The number of nitrogens with zero attached hydrogens (tertiary/aromatic N) is 5. The van der Waals surface area contributed by atoms with Crippen molar-refractivity contribution in [3.63, 3.8) is 0 Å². The summed E-state index contributed by atoms with van der Waals surface area (Å²) < 4.78 is 5.56. The first-order chi connectivity index (χ1) is 16.1. The lowest BCUT2D eigenvalue weighted by atomic mass is 10.1. The molecule has 170 valence electrons. The van der Waals surface area contributed by atoms with Crippen LogP contribution in [0.15, 0.2) is 51.0 Å². The highest BCUT2D eigenvalue weighted by atomic mass is 32.1. The van der Waals surface area contributed by atoms with E-state index in [1.54, 1.807) is 22.7 Å². The molecule has 0 aliphatic carbocycles. The molecule has 33 heavy (non-hydrogen) atoms. The lowest BCUT2D eigenvalue weighted by molar-refractivity contribution is -0.132. The molecule has 0 N–H and O–H groups in total. The molecule has 5 rings (SSSR count). The van der Waals surface area contributed by atoms with Crippen LogP contribution in [0.25, 0.3) is 22.0 Å². The van der Waals surface area contributed by atoms with Gasteiger partial charge in [0, 0.05) is 48.1 Å². The third kappa shape index (κ3) is 4.90. The van der Waals surface area contributed by atoms with Gasteiger partial charge >= 0.3 is 0 Å². The van der Waals surface area contributed by atoms with Crippen LogP contribution in [0, 0.1) is 6.92 Å². The van der Waals surface area contributed by atoms with E-state index in [4.69, 9.17) is 4.52 Å². The average Bonchev–Trinajstić information content (AvgIpc) is 3.61. The minimum absolute atomic E-state index is 0.000611. The number of hydrogen-bond acceptors (Lipinski definition) is 8. The largest absolute Gasteiger partial charge is 0.340 e. The topological polar surface area (TPSA) is 75.4 Å². The van der Waals surface area contributed by atoms with Gasteiger partial charge in [-0.25, -0.2) is 4.98 Å². The Morgan fingerprint density at radius 2 is 1.85 bits per heavy atom. The van der Waals surface area contributed by atoms with Crippen LogP contribution in [-0.4, -0.2) is 57.0 Å². The molecule has 9 heteroatoms. The second-order valence-electron chi connectivity index (χ2n) is 8.25. The van der Waals surface area contributed by atoms with Crippen LogP contribution in [0.5, 0.6) is 0 Å². The van der Waals surface area contributed by atoms with Gasteiger partial charge in [-0.3, -0.25) is 9.69 Å². The summed E-state index contributed by atoms with van der Waals surface area (Å²) in [6, 6.07) is 10.2. The maximum atomic E-state index is 12.8. The van der Waals surface area contributed by atoms with Crippen molar-refractivity contribution in [1.82, 2.24) is 24.9 Å². The van der Waals surface area contributed by atoms with E-state index in [1.807, 2.05) is 39.9 Å². The zero-order valence-electron chi connectivity index (χ0n) is 18.6. The summed E-state index contributed by atoms with van der Waals surface area (Å²) in [5.41, 5.74) is 4.11. The zero-order valence-corrected chi connectivity index (χ0v) is 20.2. The Labute approximate surface area is 200 Å². The standard InChI is InChI=1S/C24H25N5O2S2/c1-16-3-5-18(6-4-16)22-26-23(31-27-22)17(2)28-8-10-29(11-9-28)21(30)13-20-15-33-24(25-20)19-7-12-32-14-19/h3-7,12,14-15,17H,8-11,13H2,1-2H3/t17-/m0/s1. The van der Waals surface area contributed by atoms with Crippen molar-refractivity contribution in [3.05, 3.63) is 63.6 Å². The van der Waals surface area contributed by atoms with E-state index in [-0.39, 0.29) is 11.9 Å². The van der Waals surface area contributed by atoms with E-state index in [0.29, 0.717) is 31.2 Å². The summed E-state index contributed by atoms with van der Waals surface area (Å²) in [6.45, 7) is 7.04. The normalized spacial score (nSPS) is 15.6. The lowest BCUT2D eigenvalue weighted by Crippen LogP contribution is -2.49. The monoisotopic (exact) mass is 479 g/mol. The van der Waals surface area contributed by atoms with Gasteiger partial charge in [0.2, 0.25) is 17.6 Å². The Morgan fingerprint density at radius 1 is 1.06 bits per heavy atom. The van der Waals surface area contributed by atoms with Gasteiger partial charge < -0.3 is 9.42 Å². The van der Waals surface area contributed by atoms with Gasteiger partial charge in [0.25, 0.3) is 0 Å². The highest BCUT2D eigenvalue weighted by Crippen LogP contribution is 2.27. The molecule has 0 unspecified atom stereocenters. The smallest absolute Gasteiger partial charge is 0.244 e. The van der Waals surface area contributed by atoms with Crippen LogP contribution in [0.4, 0.5) is 0 Å². The third-order valence-electron chi connectivity index (χ3n) is 5.98. The molecule has 1 saturated heterocycles. The summed E-state index contributed by atoms with van der Waals surface area (Å²) in [7, 11) is 0. The number of thiophene rings is 1.